The Labute approximate surface area is 217 Å². The number of likely N-dealkylation sites (N-methyl/N-ethyl adjacent to an activating group) is 1. The Morgan fingerprint density at radius 2 is 1.73 bits per heavy atom. The molecule has 2 aromatic rings. The predicted molar refractivity (Wildman–Crippen MR) is 138 cm³/mol. The van der Waals surface area contributed by atoms with Gasteiger partial charge in [-0.25, -0.2) is 22.3 Å². The number of halogens is 1. The van der Waals surface area contributed by atoms with E-state index >= 15 is 0 Å². The minimum atomic E-state index is -3.78. The Kier molecular flexibility index (Phi) is 8.18. The molecule has 0 spiro atoms. The van der Waals surface area contributed by atoms with Gasteiger partial charge in [0.1, 0.15) is 11.9 Å². The normalized spacial score (nSPS) is 22.6. The smallest absolute Gasteiger partial charge is 0.328 e. The molecule has 8 nitrogen and oxygen atoms in total. The highest BCUT2D eigenvalue weighted by atomic mass is 32.2. The van der Waals surface area contributed by atoms with E-state index in [0.717, 1.165) is 11.1 Å². The number of methoxy groups -OCH3 is 1. The van der Waals surface area contributed by atoms with Gasteiger partial charge in [-0.05, 0) is 80.8 Å². The highest BCUT2D eigenvalue weighted by Gasteiger charge is 2.33. The van der Waals surface area contributed by atoms with Crippen LogP contribution in [0.1, 0.15) is 56.2 Å². The summed E-state index contributed by atoms with van der Waals surface area (Å²) in [6.07, 6.45) is 3.53. The summed E-state index contributed by atoms with van der Waals surface area (Å²) in [5.74, 6) is -0.935. The number of sulfonamides is 1. The first-order valence-corrected chi connectivity index (χ1v) is 14.1. The van der Waals surface area contributed by atoms with Crippen molar-refractivity contribution in [1.82, 2.24) is 10.0 Å². The van der Waals surface area contributed by atoms with Crippen LogP contribution in [0.3, 0.4) is 0 Å². The summed E-state index contributed by atoms with van der Waals surface area (Å²) in [6, 6.07) is 10.1. The maximum Gasteiger partial charge on any atom is 0.328 e. The van der Waals surface area contributed by atoms with Gasteiger partial charge in [-0.3, -0.25) is 4.79 Å². The van der Waals surface area contributed by atoms with E-state index in [-0.39, 0.29) is 40.6 Å². The average Bonchev–Trinajstić information content (AvgIpc) is 2.88. The van der Waals surface area contributed by atoms with Crippen LogP contribution in [-0.4, -0.2) is 46.5 Å². The van der Waals surface area contributed by atoms with E-state index < -0.39 is 16.1 Å². The predicted octanol–water partition coefficient (Wildman–Crippen LogP) is 3.46. The van der Waals surface area contributed by atoms with Gasteiger partial charge in [-0.15, -0.1) is 0 Å². The number of fused-ring (bicyclic) bond motifs is 1. The lowest BCUT2D eigenvalue weighted by Gasteiger charge is -2.34. The van der Waals surface area contributed by atoms with Crippen LogP contribution in [0.15, 0.2) is 47.4 Å². The zero-order chi connectivity index (χ0) is 26.7. The number of carbonyl (C=O) groups excluding carboxylic acids is 2. The molecule has 4 rings (SSSR count). The van der Waals surface area contributed by atoms with Crippen LogP contribution in [-0.2, 0) is 30.8 Å². The molecule has 1 aliphatic carbocycles. The third-order valence-electron chi connectivity index (χ3n) is 7.52. The lowest BCUT2D eigenvalue weighted by Crippen LogP contribution is -2.43. The quantitative estimate of drug-likeness (QED) is 0.531. The van der Waals surface area contributed by atoms with Gasteiger partial charge in [0.15, 0.2) is 0 Å². The highest BCUT2D eigenvalue weighted by Crippen LogP contribution is 2.33. The van der Waals surface area contributed by atoms with Gasteiger partial charge in [0.25, 0.3) is 0 Å². The van der Waals surface area contributed by atoms with E-state index in [1.54, 1.807) is 42.3 Å². The molecule has 2 aliphatic rings. The Morgan fingerprint density at radius 3 is 2.38 bits per heavy atom. The van der Waals surface area contributed by atoms with Crippen LogP contribution >= 0.6 is 0 Å². The fraction of sp³-hybridized carbons (Fsp3) is 0.481. The van der Waals surface area contributed by atoms with Gasteiger partial charge in [-0.2, -0.15) is 0 Å². The van der Waals surface area contributed by atoms with Crippen molar-refractivity contribution >= 4 is 27.6 Å². The average molecular weight is 532 g/mol. The van der Waals surface area contributed by atoms with Gasteiger partial charge >= 0.3 is 5.97 Å². The first-order valence-electron chi connectivity index (χ1n) is 12.6. The number of benzene rings is 2. The Balaban J connectivity index is 1.34. The molecule has 0 radical (unpaired) electrons. The molecule has 1 heterocycles. The minimum absolute atomic E-state index is 0.0731. The number of nitrogens with one attached hydrogen (secondary N) is 2. The van der Waals surface area contributed by atoms with E-state index in [4.69, 9.17) is 4.74 Å². The number of amides is 1. The summed E-state index contributed by atoms with van der Waals surface area (Å²) >= 11 is 0. The summed E-state index contributed by atoms with van der Waals surface area (Å²) in [4.78, 5) is 26.8. The first-order chi connectivity index (χ1) is 17.6. The zero-order valence-electron chi connectivity index (χ0n) is 21.4. The van der Waals surface area contributed by atoms with Crippen molar-refractivity contribution in [3.05, 3.63) is 59.4 Å². The Bertz CT molecular complexity index is 1240. The van der Waals surface area contributed by atoms with Gasteiger partial charge in [0, 0.05) is 24.7 Å². The molecule has 2 atom stereocenters. The van der Waals surface area contributed by atoms with Crippen LogP contribution in [0.2, 0.25) is 0 Å². The number of anilines is 1. The topological polar surface area (TPSA) is 105 Å². The van der Waals surface area contributed by atoms with Crippen LogP contribution in [0.4, 0.5) is 10.1 Å². The van der Waals surface area contributed by atoms with Crippen molar-refractivity contribution in [2.75, 3.05) is 19.1 Å². The molecule has 2 N–H and O–H groups in total. The molecular formula is C27H34FN3O5S. The van der Waals surface area contributed by atoms with Crippen LogP contribution in [0, 0.1) is 11.7 Å². The fourth-order valence-corrected chi connectivity index (χ4v) is 6.57. The van der Waals surface area contributed by atoms with Crippen molar-refractivity contribution in [3.8, 4) is 0 Å². The number of esters is 1. The summed E-state index contributed by atoms with van der Waals surface area (Å²) in [5, 5.41) is 2.99. The molecule has 10 heteroatoms. The zero-order valence-corrected chi connectivity index (χ0v) is 22.2. The molecule has 0 saturated heterocycles. The molecule has 0 bridgehead atoms. The number of rotatable bonds is 7. The minimum Gasteiger partial charge on any atom is -0.467 e. The number of nitrogens with zero attached hydrogens (tertiary/aromatic N) is 1. The largest absolute Gasteiger partial charge is 0.467 e. The maximum atomic E-state index is 13.2. The van der Waals surface area contributed by atoms with Gasteiger partial charge in [-0.1, -0.05) is 18.2 Å². The number of carbonyl (C=O) groups is 2. The van der Waals surface area contributed by atoms with Crippen LogP contribution in [0.25, 0.3) is 0 Å². The first kappa shape index (κ1) is 27.1. The third kappa shape index (κ3) is 6.13. The van der Waals surface area contributed by atoms with Crippen molar-refractivity contribution in [3.63, 3.8) is 0 Å². The van der Waals surface area contributed by atoms with E-state index in [1.807, 2.05) is 6.92 Å². The van der Waals surface area contributed by atoms with E-state index in [9.17, 15) is 22.4 Å². The molecule has 37 heavy (non-hydrogen) atoms. The number of hydrogen-bond donors (Lipinski definition) is 2. The van der Waals surface area contributed by atoms with Crippen molar-refractivity contribution in [1.29, 1.82) is 0 Å². The summed E-state index contributed by atoms with van der Waals surface area (Å²) in [7, 11) is -0.662. The van der Waals surface area contributed by atoms with E-state index in [2.05, 4.69) is 10.0 Å². The summed E-state index contributed by atoms with van der Waals surface area (Å²) in [5.41, 5.74) is 2.52. The second-order valence-corrected chi connectivity index (χ2v) is 11.6. The van der Waals surface area contributed by atoms with E-state index in [1.165, 1.54) is 19.2 Å². The van der Waals surface area contributed by atoms with Gasteiger partial charge in [0.05, 0.1) is 18.0 Å². The molecule has 1 aliphatic heterocycles. The lowest BCUT2D eigenvalue weighted by molar-refractivity contribution is -0.142. The Morgan fingerprint density at radius 1 is 1.05 bits per heavy atom. The summed E-state index contributed by atoms with van der Waals surface area (Å²) in [6.45, 7) is 1.86. The molecule has 1 fully saturated rings. The molecule has 200 valence electrons. The van der Waals surface area contributed by atoms with Crippen LogP contribution < -0.4 is 14.9 Å². The molecule has 1 unspecified atom stereocenters. The third-order valence-corrected chi connectivity index (χ3v) is 9.04. The standard InChI is InChI=1S/C27H34FN3O5S/c1-17(18-4-10-21(28)11-5-18)29-26(32)20-6-12-22(13-7-20)30-37(34,35)23-14-8-19-9-15-24(27(33)36-3)31(2)25(19)16-23/h4-5,8,10-11,14,16-17,20,22,24,30H,6-7,9,12-13,15H2,1-3H3,(H,29,32)/t17-,20-,22-,24?/m1/s1. The maximum absolute atomic E-state index is 13.2. The SMILES string of the molecule is COC(=O)C1CCc2ccc(S(=O)(=O)N[C@H]3CC[C@H](C(=O)N[C@H](C)c4ccc(F)cc4)CC3)cc2N1C. The fourth-order valence-electron chi connectivity index (χ4n) is 5.24. The summed E-state index contributed by atoms with van der Waals surface area (Å²) < 4.78 is 47.2. The van der Waals surface area contributed by atoms with Gasteiger partial charge < -0.3 is 15.0 Å². The lowest BCUT2D eigenvalue weighted by atomic mass is 9.85. The van der Waals surface area contributed by atoms with Crippen molar-refractivity contribution in [2.24, 2.45) is 5.92 Å². The second-order valence-electron chi connectivity index (χ2n) is 9.93. The van der Waals surface area contributed by atoms with Crippen molar-refractivity contribution in [2.45, 2.75) is 68.5 Å². The van der Waals surface area contributed by atoms with Crippen molar-refractivity contribution < 1.29 is 27.1 Å². The number of hydrogen-bond acceptors (Lipinski definition) is 6. The Hall–Kier alpha value is -2.98. The molecule has 0 aromatic heterocycles. The van der Waals surface area contributed by atoms with Gasteiger partial charge in [0.2, 0.25) is 15.9 Å². The van der Waals surface area contributed by atoms with Crippen LogP contribution in [0.5, 0.6) is 0 Å². The molecule has 1 amide bonds. The molecule has 2 aromatic carbocycles. The highest BCUT2D eigenvalue weighted by molar-refractivity contribution is 7.89. The molecular weight excluding hydrogens is 497 g/mol. The number of aryl methyl sites for hydroxylation is 1. The second kappa shape index (κ2) is 11.2. The number of ether oxygens (including phenoxy) is 1. The molecule has 1 saturated carbocycles. The van der Waals surface area contributed by atoms with E-state index in [0.29, 0.717) is 44.2 Å². The monoisotopic (exact) mass is 531 g/mol.